The maximum atomic E-state index is 10.6. The van der Waals surface area contributed by atoms with Gasteiger partial charge < -0.3 is 14.6 Å². The number of rotatable bonds is 4. The third-order valence-corrected chi connectivity index (χ3v) is 3.61. The van der Waals surface area contributed by atoms with Crippen LogP contribution in [0.5, 0.6) is 11.5 Å². The lowest BCUT2D eigenvalue weighted by Gasteiger charge is -2.31. The van der Waals surface area contributed by atoms with Gasteiger partial charge in [-0.3, -0.25) is 0 Å². The Morgan fingerprint density at radius 3 is 2.63 bits per heavy atom. The van der Waals surface area contributed by atoms with Gasteiger partial charge >= 0.3 is 0 Å². The molecule has 0 aromatic heterocycles. The summed E-state index contributed by atoms with van der Waals surface area (Å²) in [6.45, 7) is 3.76. The lowest BCUT2D eigenvalue weighted by molar-refractivity contribution is 0.136. The fourth-order valence-corrected chi connectivity index (χ4v) is 2.51. The molecule has 2 rings (SSSR count). The molecular weight excluding hydrogens is 240 g/mol. The molecule has 102 valence electrons. The van der Waals surface area contributed by atoms with E-state index in [0.717, 1.165) is 24.0 Å². The average molecular weight is 260 g/mol. The Labute approximate surface area is 114 Å². The summed E-state index contributed by atoms with van der Waals surface area (Å²) in [5.41, 5.74) is 0.896. The van der Waals surface area contributed by atoms with E-state index in [0.29, 0.717) is 17.9 Å². The van der Waals surface area contributed by atoms with Crippen molar-refractivity contribution in [3.05, 3.63) is 42.5 Å². The number of aliphatic hydroxyl groups is 1. The molecule has 3 heteroatoms. The van der Waals surface area contributed by atoms with Crippen molar-refractivity contribution in [2.75, 3.05) is 14.2 Å². The summed E-state index contributed by atoms with van der Waals surface area (Å²) in [4.78, 5) is 0. The molecule has 3 nitrogen and oxygen atoms in total. The molecule has 1 N–H and O–H groups in total. The standard InChI is InChI=1S/C16H20O3/c1-4-16(17)10-6-5-7-13(16)12-8-9-14(18-2)15(11-12)19-3/h4,7-9,11,17H,1,5-6,10H2,2-3H3. The first-order chi connectivity index (χ1) is 9.14. The van der Waals surface area contributed by atoms with Gasteiger partial charge in [-0.25, -0.2) is 0 Å². The first-order valence-corrected chi connectivity index (χ1v) is 6.43. The van der Waals surface area contributed by atoms with Crippen LogP contribution in [-0.4, -0.2) is 24.9 Å². The van der Waals surface area contributed by atoms with Crippen LogP contribution in [0.15, 0.2) is 36.9 Å². The highest BCUT2D eigenvalue weighted by atomic mass is 16.5. The van der Waals surface area contributed by atoms with Crippen molar-refractivity contribution in [2.45, 2.75) is 24.9 Å². The van der Waals surface area contributed by atoms with Gasteiger partial charge in [-0.1, -0.05) is 24.8 Å². The molecule has 0 heterocycles. The van der Waals surface area contributed by atoms with Gasteiger partial charge in [0.1, 0.15) is 5.60 Å². The first kappa shape index (κ1) is 13.7. The number of hydrogen-bond donors (Lipinski definition) is 1. The molecule has 1 aliphatic rings. The molecule has 1 aromatic carbocycles. The van der Waals surface area contributed by atoms with E-state index in [-0.39, 0.29) is 0 Å². The lowest BCUT2D eigenvalue weighted by Crippen LogP contribution is -2.29. The van der Waals surface area contributed by atoms with E-state index >= 15 is 0 Å². The summed E-state index contributed by atoms with van der Waals surface area (Å²) >= 11 is 0. The molecule has 0 saturated carbocycles. The largest absolute Gasteiger partial charge is 0.493 e. The van der Waals surface area contributed by atoms with Crippen LogP contribution in [0, 0.1) is 0 Å². The minimum absolute atomic E-state index is 0.665. The lowest BCUT2D eigenvalue weighted by atomic mass is 9.80. The van der Waals surface area contributed by atoms with E-state index in [4.69, 9.17) is 9.47 Å². The highest BCUT2D eigenvalue weighted by Gasteiger charge is 2.31. The smallest absolute Gasteiger partial charge is 0.161 e. The van der Waals surface area contributed by atoms with Gasteiger partial charge in [0.15, 0.2) is 11.5 Å². The molecule has 1 atom stereocenters. The van der Waals surface area contributed by atoms with Crippen molar-refractivity contribution < 1.29 is 14.6 Å². The second-order valence-corrected chi connectivity index (χ2v) is 4.71. The molecule has 0 saturated heterocycles. The van der Waals surface area contributed by atoms with Crippen LogP contribution in [-0.2, 0) is 0 Å². The zero-order chi connectivity index (χ0) is 13.9. The molecule has 1 aliphatic carbocycles. The fourth-order valence-electron chi connectivity index (χ4n) is 2.51. The molecule has 0 aliphatic heterocycles. The summed E-state index contributed by atoms with van der Waals surface area (Å²) < 4.78 is 10.5. The third-order valence-electron chi connectivity index (χ3n) is 3.61. The van der Waals surface area contributed by atoms with Crippen LogP contribution in [0.1, 0.15) is 24.8 Å². The van der Waals surface area contributed by atoms with Crippen molar-refractivity contribution in [3.8, 4) is 11.5 Å². The van der Waals surface area contributed by atoms with Gasteiger partial charge in [-0.15, -0.1) is 0 Å². The second kappa shape index (κ2) is 5.49. The highest BCUT2D eigenvalue weighted by molar-refractivity contribution is 5.76. The number of methoxy groups -OCH3 is 2. The summed E-state index contributed by atoms with van der Waals surface area (Å²) in [6.07, 6.45) is 6.34. The highest BCUT2D eigenvalue weighted by Crippen LogP contribution is 2.39. The van der Waals surface area contributed by atoms with E-state index in [1.807, 2.05) is 18.2 Å². The van der Waals surface area contributed by atoms with Crippen LogP contribution in [0.2, 0.25) is 0 Å². The molecule has 0 radical (unpaired) electrons. The van der Waals surface area contributed by atoms with Gasteiger partial charge in [0.2, 0.25) is 0 Å². The minimum Gasteiger partial charge on any atom is -0.493 e. The van der Waals surface area contributed by atoms with Crippen molar-refractivity contribution in [2.24, 2.45) is 0 Å². The normalized spacial score (nSPS) is 22.6. The first-order valence-electron chi connectivity index (χ1n) is 6.43. The maximum absolute atomic E-state index is 10.6. The van der Waals surface area contributed by atoms with Crippen molar-refractivity contribution in [1.82, 2.24) is 0 Å². The van der Waals surface area contributed by atoms with Crippen molar-refractivity contribution >= 4 is 5.57 Å². The third kappa shape index (κ3) is 2.51. The number of allylic oxidation sites excluding steroid dienone is 1. The van der Waals surface area contributed by atoms with Crippen LogP contribution in [0.25, 0.3) is 5.57 Å². The SMILES string of the molecule is C=CC1(O)CCCC=C1c1ccc(OC)c(OC)c1. The fraction of sp³-hybridized carbons (Fsp3) is 0.375. The van der Waals surface area contributed by atoms with E-state index in [1.54, 1.807) is 20.3 Å². The van der Waals surface area contributed by atoms with Gasteiger partial charge in [-0.2, -0.15) is 0 Å². The Kier molecular flexibility index (Phi) is 3.96. The van der Waals surface area contributed by atoms with Gasteiger partial charge in [0.25, 0.3) is 0 Å². The van der Waals surface area contributed by atoms with E-state index in [9.17, 15) is 5.11 Å². The summed E-state index contributed by atoms with van der Waals surface area (Å²) in [5, 5.41) is 10.6. The second-order valence-electron chi connectivity index (χ2n) is 4.71. The van der Waals surface area contributed by atoms with E-state index in [2.05, 4.69) is 12.7 Å². The molecule has 0 bridgehead atoms. The van der Waals surface area contributed by atoms with E-state index < -0.39 is 5.60 Å². The predicted molar refractivity (Wildman–Crippen MR) is 76.5 cm³/mol. The predicted octanol–water partition coefficient (Wildman–Crippen LogP) is 3.19. The summed E-state index contributed by atoms with van der Waals surface area (Å²) in [5.74, 6) is 1.35. The molecule has 1 aromatic rings. The van der Waals surface area contributed by atoms with Crippen molar-refractivity contribution in [1.29, 1.82) is 0 Å². The molecule has 1 unspecified atom stereocenters. The van der Waals surface area contributed by atoms with Gasteiger partial charge in [0, 0.05) is 0 Å². The Morgan fingerprint density at radius 1 is 1.26 bits per heavy atom. The average Bonchev–Trinajstić information content (AvgIpc) is 2.47. The zero-order valence-electron chi connectivity index (χ0n) is 11.5. The van der Waals surface area contributed by atoms with Gasteiger partial charge in [0.05, 0.1) is 14.2 Å². The monoisotopic (exact) mass is 260 g/mol. The topological polar surface area (TPSA) is 38.7 Å². The zero-order valence-corrected chi connectivity index (χ0v) is 11.5. The van der Waals surface area contributed by atoms with Crippen LogP contribution in [0.4, 0.5) is 0 Å². The summed E-state index contributed by atoms with van der Waals surface area (Å²) in [7, 11) is 3.22. The number of benzene rings is 1. The molecule has 0 amide bonds. The quantitative estimate of drug-likeness (QED) is 0.845. The minimum atomic E-state index is -0.947. The Hall–Kier alpha value is -1.74. The van der Waals surface area contributed by atoms with E-state index in [1.165, 1.54) is 0 Å². The maximum Gasteiger partial charge on any atom is 0.161 e. The van der Waals surface area contributed by atoms with Crippen molar-refractivity contribution in [3.63, 3.8) is 0 Å². The molecular formula is C16H20O3. The Bertz CT molecular complexity index is 505. The van der Waals surface area contributed by atoms with Crippen LogP contribution >= 0.6 is 0 Å². The molecule has 0 fully saturated rings. The molecule has 0 spiro atoms. The van der Waals surface area contributed by atoms with Crippen LogP contribution in [0.3, 0.4) is 0 Å². The van der Waals surface area contributed by atoms with Gasteiger partial charge in [-0.05, 0) is 42.5 Å². The number of ether oxygens (including phenoxy) is 2. The number of hydrogen-bond acceptors (Lipinski definition) is 3. The Balaban J connectivity index is 2.46. The Morgan fingerprint density at radius 2 is 2.00 bits per heavy atom. The molecule has 19 heavy (non-hydrogen) atoms. The van der Waals surface area contributed by atoms with Crippen LogP contribution < -0.4 is 9.47 Å². The summed E-state index contributed by atoms with van der Waals surface area (Å²) in [6, 6.07) is 5.69.